The van der Waals surface area contributed by atoms with Gasteiger partial charge in [-0.1, -0.05) is 64.5 Å². The molecule has 132 valence electrons. The Balaban J connectivity index is 1.39. The Morgan fingerprint density at radius 1 is 0.960 bits per heavy atom. The highest BCUT2D eigenvalue weighted by molar-refractivity contribution is 9.10. The molecule has 1 aliphatic rings. The van der Waals surface area contributed by atoms with Gasteiger partial charge in [0.2, 0.25) is 5.91 Å². The summed E-state index contributed by atoms with van der Waals surface area (Å²) in [6.45, 7) is 4.55. The summed E-state index contributed by atoms with van der Waals surface area (Å²) < 4.78 is 1.12. The molecule has 3 nitrogen and oxygen atoms in total. The van der Waals surface area contributed by atoms with Crippen molar-refractivity contribution in [1.29, 1.82) is 0 Å². The Morgan fingerprint density at radius 3 is 2.36 bits per heavy atom. The highest BCUT2D eigenvalue weighted by Crippen LogP contribution is 2.21. The van der Waals surface area contributed by atoms with E-state index in [1.54, 1.807) is 11.8 Å². The maximum Gasteiger partial charge on any atom is 0.232 e. The molecule has 1 aliphatic heterocycles. The van der Waals surface area contributed by atoms with Gasteiger partial charge in [0.1, 0.15) is 0 Å². The van der Waals surface area contributed by atoms with Gasteiger partial charge in [0, 0.05) is 42.9 Å². The lowest BCUT2D eigenvalue weighted by Crippen LogP contribution is -2.48. The van der Waals surface area contributed by atoms with Crippen molar-refractivity contribution in [1.82, 2.24) is 9.80 Å². The van der Waals surface area contributed by atoms with E-state index in [1.165, 1.54) is 11.1 Å². The fraction of sp³-hybridized carbons (Fsp3) is 0.350. The molecule has 0 saturated carbocycles. The summed E-state index contributed by atoms with van der Waals surface area (Å²) in [6.07, 6.45) is 0. The number of hydrogen-bond acceptors (Lipinski definition) is 3. The number of piperazine rings is 1. The van der Waals surface area contributed by atoms with Crippen molar-refractivity contribution in [2.45, 2.75) is 12.3 Å². The van der Waals surface area contributed by atoms with Crippen LogP contribution in [0.25, 0.3) is 0 Å². The van der Waals surface area contributed by atoms with Gasteiger partial charge in [-0.3, -0.25) is 9.69 Å². The summed E-state index contributed by atoms with van der Waals surface area (Å²) in [7, 11) is 0. The molecule has 1 amide bonds. The predicted octanol–water partition coefficient (Wildman–Crippen LogP) is 4.03. The van der Waals surface area contributed by atoms with Gasteiger partial charge in [-0.15, -0.1) is 11.8 Å². The number of rotatable bonds is 6. The Hall–Kier alpha value is -1.30. The molecule has 5 heteroatoms. The summed E-state index contributed by atoms with van der Waals surface area (Å²) in [5.74, 6) is 1.68. The number of thioether (sulfide) groups is 1. The minimum atomic E-state index is 0.261. The Kier molecular flexibility index (Phi) is 6.96. The highest BCUT2D eigenvalue weighted by Gasteiger charge is 2.20. The van der Waals surface area contributed by atoms with E-state index in [2.05, 4.69) is 51.2 Å². The van der Waals surface area contributed by atoms with Crippen molar-refractivity contribution in [2.75, 3.05) is 31.9 Å². The summed E-state index contributed by atoms with van der Waals surface area (Å²) in [5.41, 5.74) is 2.58. The number of carbonyl (C=O) groups excluding carboxylic acids is 1. The van der Waals surface area contributed by atoms with E-state index in [0.717, 1.165) is 42.9 Å². The van der Waals surface area contributed by atoms with E-state index in [0.29, 0.717) is 5.75 Å². The van der Waals surface area contributed by atoms with E-state index in [4.69, 9.17) is 0 Å². The number of carbonyl (C=O) groups is 1. The third-order valence-electron chi connectivity index (χ3n) is 4.41. The van der Waals surface area contributed by atoms with Crippen LogP contribution in [-0.4, -0.2) is 47.6 Å². The van der Waals surface area contributed by atoms with Crippen LogP contribution in [0.2, 0.25) is 0 Å². The standard InChI is InChI=1S/C20H23BrN2OS/c21-19-9-5-4-8-18(19)15-25-16-20(24)23-12-10-22(11-13-23)14-17-6-2-1-3-7-17/h1-9H,10-16H2. The third kappa shape index (κ3) is 5.59. The van der Waals surface area contributed by atoms with Crippen molar-refractivity contribution in [3.05, 3.63) is 70.2 Å². The monoisotopic (exact) mass is 418 g/mol. The number of hydrogen-bond donors (Lipinski definition) is 0. The maximum atomic E-state index is 12.4. The van der Waals surface area contributed by atoms with Crippen molar-refractivity contribution < 1.29 is 4.79 Å². The molecule has 0 unspecified atom stereocenters. The number of halogens is 1. The molecular formula is C20H23BrN2OS. The lowest BCUT2D eigenvalue weighted by molar-refractivity contribution is -0.130. The van der Waals surface area contributed by atoms with Crippen LogP contribution < -0.4 is 0 Å². The Bertz CT molecular complexity index is 687. The summed E-state index contributed by atoms with van der Waals surface area (Å²) in [6, 6.07) is 18.7. The molecule has 2 aromatic carbocycles. The fourth-order valence-corrected chi connectivity index (χ4v) is 4.49. The summed E-state index contributed by atoms with van der Waals surface area (Å²) in [5, 5.41) is 0. The minimum Gasteiger partial charge on any atom is -0.339 e. The lowest BCUT2D eigenvalue weighted by Gasteiger charge is -2.34. The van der Waals surface area contributed by atoms with Crippen LogP contribution in [0.4, 0.5) is 0 Å². The molecule has 25 heavy (non-hydrogen) atoms. The SMILES string of the molecule is O=C(CSCc1ccccc1Br)N1CCN(Cc2ccccc2)CC1. The van der Waals surface area contributed by atoms with E-state index < -0.39 is 0 Å². The van der Waals surface area contributed by atoms with Gasteiger partial charge in [-0.2, -0.15) is 0 Å². The van der Waals surface area contributed by atoms with Gasteiger partial charge in [0.25, 0.3) is 0 Å². The molecule has 0 aliphatic carbocycles. The molecule has 3 rings (SSSR count). The largest absolute Gasteiger partial charge is 0.339 e. The Labute approximate surface area is 162 Å². The highest BCUT2D eigenvalue weighted by atomic mass is 79.9. The fourth-order valence-electron chi connectivity index (χ4n) is 2.95. The van der Waals surface area contributed by atoms with E-state index in [9.17, 15) is 4.79 Å². The first-order valence-corrected chi connectivity index (χ1v) is 10.5. The normalized spacial score (nSPS) is 15.3. The summed E-state index contributed by atoms with van der Waals surface area (Å²) in [4.78, 5) is 16.8. The molecule has 2 aromatic rings. The van der Waals surface area contributed by atoms with Gasteiger partial charge in [0.05, 0.1) is 5.75 Å². The lowest BCUT2D eigenvalue weighted by atomic mass is 10.2. The minimum absolute atomic E-state index is 0.261. The number of nitrogens with zero attached hydrogens (tertiary/aromatic N) is 2. The second-order valence-corrected chi connectivity index (χ2v) is 8.07. The quantitative estimate of drug-likeness (QED) is 0.707. The van der Waals surface area contributed by atoms with Crippen LogP contribution in [0, 0.1) is 0 Å². The van der Waals surface area contributed by atoms with Gasteiger partial charge >= 0.3 is 0 Å². The molecule has 0 aromatic heterocycles. The van der Waals surface area contributed by atoms with Gasteiger partial charge in [-0.25, -0.2) is 0 Å². The van der Waals surface area contributed by atoms with Gasteiger partial charge in [0.15, 0.2) is 0 Å². The Morgan fingerprint density at radius 2 is 1.64 bits per heavy atom. The first kappa shape index (κ1) is 18.5. The van der Waals surface area contributed by atoms with Crippen LogP contribution in [0.1, 0.15) is 11.1 Å². The average Bonchev–Trinajstić information content (AvgIpc) is 2.65. The molecule has 0 N–H and O–H groups in total. The van der Waals surface area contributed by atoms with Crippen LogP contribution in [0.5, 0.6) is 0 Å². The smallest absolute Gasteiger partial charge is 0.232 e. The molecule has 0 radical (unpaired) electrons. The third-order valence-corrected chi connectivity index (χ3v) is 6.15. The first-order chi connectivity index (χ1) is 12.2. The zero-order valence-corrected chi connectivity index (χ0v) is 16.6. The topological polar surface area (TPSA) is 23.6 Å². The van der Waals surface area contributed by atoms with Gasteiger partial charge in [-0.05, 0) is 17.2 Å². The molecule has 0 spiro atoms. The van der Waals surface area contributed by atoms with E-state index >= 15 is 0 Å². The van der Waals surface area contributed by atoms with Crippen molar-refractivity contribution in [2.24, 2.45) is 0 Å². The van der Waals surface area contributed by atoms with E-state index in [-0.39, 0.29) is 5.91 Å². The van der Waals surface area contributed by atoms with Crippen LogP contribution in [-0.2, 0) is 17.1 Å². The summed E-state index contributed by atoms with van der Waals surface area (Å²) >= 11 is 5.25. The van der Waals surface area contributed by atoms with E-state index in [1.807, 2.05) is 29.2 Å². The van der Waals surface area contributed by atoms with Gasteiger partial charge < -0.3 is 4.90 Å². The number of amides is 1. The molecule has 0 atom stereocenters. The van der Waals surface area contributed by atoms with Crippen molar-refractivity contribution in [3.63, 3.8) is 0 Å². The molecule has 0 bridgehead atoms. The maximum absolute atomic E-state index is 12.4. The average molecular weight is 419 g/mol. The van der Waals surface area contributed by atoms with Crippen LogP contribution in [0.3, 0.4) is 0 Å². The predicted molar refractivity (Wildman–Crippen MR) is 109 cm³/mol. The number of benzene rings is 2. The molecule has 1 saturated heterocycles. The zero-order chi connectivity index (χ0) is 17.5. The first-order valence-electron chi connectivity index (χ1n) is 8.57. The molecule has 1 fully saturated rings. The zero-order valence-electron chi connectivity index (χ0n) is 14.2. The van der Waals surface area contributed by atoms with Crippen molar-refractivity contribution >= 4 is 33.6 Å². The molecular weight excluding hydrogens is 396 g/mol. The second kappa shape index (κ2) is 9.41. The second-order valence-electron chi connectivity index (χ2n) is 6.23. The van der Waals surface area contributed by atoms with Crippen LogP contribution in [0.15, 0.2) is 59.1 Å². The van der Waals surface area contributed by atoms with Crippen molar-refractivity contribution in [3.8, 4) is 0 Å². The van der Waals surface area contributed by atoms with Crippen LogP contribution >= 0.6 is 27.7 Å². The molecule has 1 heterocycles.